The molecule has 21 heavy (non-hydrogen) atoms. The highest BCUT2D eigenvalue weighted by molar-refractivity contribution is 8.00. The van der Waals surface area contributed by atoms with Gasteiger partial charge in [0.25, 0.3) is 0 Å². The lowest BCUT2D eigenvalue weighted by atomic mass is 10.2. The Morgan fingerprint density at radius 3 is 2.57 bits per heavy atom. The second-order valence-corrected chi connectivity index (χ2v) is 7.06. The quantitative estimate of drug-likeness (QED) is 0.890. The fraction of sp³-hybridized carbons (Fsp3) is 0.500. The molecule has 7 heteroatoms. The van der Waals surface area contributed by atoms with Crippen molar-refractivity contribution < 1.29 is 14.7 Å². The minimum absolute atomic E-state index is 0.000724. The summed E-state index contributed by atoms with van der Waals surface area (Å²) in [6.07, 6.45) is 1.47. The van der Waals surface area contributed by atoms with Gasteiger partial charge in [-0.3, -0.25) is 0 Å². The second-order valence-electron chi connectivity index (χ2n) is 5.18. The minimum Gasteiger partial charge on any atom is -0.477 e. The van der Waals surface area contributed by atoms with E-state index in [9.17, 15) is 9.59 Å². The number of rotatable bonds is 3. The van der Waals surface area contributed by atoms with Crippen LogP contribution in [0.5, 0.6) is 0 Å². The second kappa shape index (κ2) is 6.80. The summed E-state index contributed by atoms with van der Waals surface area (Å²) >= 11 is 1.89. The van der Waals surface area contributed by atoms with Crippen LogP contribution in [0, 0.1) is 0 Å². The third-order valence-electron chi connectivity index (χ3n) is 3.19. The largest absolute Gasteiger partial charge is 0.477 e. The molecule has 1 aromatic rings. The topological polar surface area (TPSA) is 82.5 Å². The highest BCUT2D eigenvalue weighted by Gasteiger charge is 2.25. The van der Waals surface area contributed by atoms with Crippen molar-refractivity contribution in [1.29, 1.82) is 0 Å². The third kappa shape index (κ3) is 4.35. The van der Waals surface area contributed by atoms with E-state index in [1.54, 1.807) is 6.07 Å². The van der Waals surface area contributed by atoms with E-state index in [0.29, 0.717) is 17.0 Å². The zero-order chi connectivity index (χ0) is 15.4. The van der Waals surface area contributed by atoms with Crippen molar-refractivity contribution in [3.05, 3.63) is 29.6 Å². The third-order valence-corrected chi connectivity index (χ3v) is 4.42. The van der Waals surface area contributed by atoms with Crippen LogP contribution in [0.15, 0.2) is 18.3 Å². The molecule has 0 aliphatic carbocycles. The lowest BCUT2D eigenvalue weighted by Crippen LogP contribution is -2.48. The Morgan fingerprint density at radius 1 is 1.38 bits per heavy atom. The first-order valence-corrected chi connectivity index (χ1v) is 7.76. The number of carbonyl (C=O) groups is 2. The predicted molar refractivity (Wildman–Crippen MR) is 81.5 cm³/mol. The molecule has 2 unspecified atom stereocenters. The van der Waals surface area contributed by atoms with Crippen LogP contribution in [0.2, 0.25) is 0 Å². The van der Waals surface area contributed by atoms with Gasteiger partial charge in [0, 0.05) is 36.3 Å². The first kappa shape index (κ1) is 15.6. The number of hydrogen-bond acceptors (Lipinski definition) is 4. The Hall–Kier alpha value is -1.76. The van der Waals surface area contributed by atoms with Gasteiger partial charge in [-0.05, 0) is 11.6 Å². The number of carboxylic acid groups (broad SMARTS) is 1. The van der Waals surface area contributed by atoms with Crippen molar-refractivity contribution in [2.75, 3.05) is 13.1 Å². The van der Waals surface area contributed by atoms with Gasteiger partial charge in [-0.25, -0.2) is 14.6 Å². The number of thioether (sulfide) groups is 1. The first-order chi connectivity index (χ1) is 9.95. The fourth-order valence-electron chi connectivity index (χ4n) is 2.29. The predicted octanol–water partition coefficient (Wildman–Crippen LogP) is 1.82. The molecule has 114 valence electrons. The van der Waals surface area contributed by atoms with Gasteiger partial charge in [-0.1, -0.05) is 19.9 Å². The number of hydrogen-bond donors (Lipinski definition) is 2. The standard InChI is InChI=1S/C14H19N3O3S/c1-9-7-17(8-10(2)21-9)14(20)16-6-11-3-4-12(13(18)19)15-5-11/h3-5,9-10H,6-8H2,1-2H3,(H,16,20)(H,18,19). The number of aromatic carboxylic acids is 1. The van der Waals surface area contributed by atoms with Gasteiger partial charge in [-0.15, -0.1) is 0 Å². The fourth-order valence-corrected chi connectivity index (χ4v) is 3.61. The monoisotopic (exact) mass is 309 g/mol. The first-order valence-electron chi connectivity index (χ1n) is 6.82. The molecular formula is C14H19N3O3S. The molecule has 1 fully saturated rings. The van der Waals surface area contributed by atoms with Gasteiger partial charge in [0.05, 0.1) is 0 Å². The number of nitrogens with zero attached hydrogens (tertiary/aromatic N) is 2. The van der Waals surface area contributed by atoms with Gasteiger partial charge in [-0.2, -0.15) is 11.8 Å². The van der Waals surface area contributed by atoms with Crippen LogP contribution in [-0.4, -0.2) is 50.6 Å². The smallest absolute Gasteiger partial charge is 0.354 e. The van der Waals surface area contributed by atoms with Crippen LogP contribution < -0.4 is 5.32 Å². The van der Waals surface area contributed by atoms with Gasteiger partial charge < -0.3 is 15.3 Å². The number of amides is 2. The summed E-state index contributed by atoms with van der Waals surface area (Å²) < 4.78 is 0. The van der Waals surface area contributed by atoms with Crippen LogP contribution >= 0.6 is 11.8 Å². The summed E-state index contributed by atoms with van der Waals surface area (Å²) in [6.45, 7) is 6.08. The van der Waals surface area contributed by atoms with Gasteiger partial charge >= 0.3 is 12.0 Å². The molecule has 0 bridgehead atoms. The van der Waals surface area contributed by atoms with Crippen LogP contribution in [0.3, 0.4) is 0 Å². The molecule has 0 spiro atoms. The zero-order valence-electron chi connectivity index (χ0n) is 12.1. The van der Waals surface area contributed by atoms with Gasteiger partial charge in [0.1, 0.15) is 5.69 Å². The molecule has 2 N–H and O–H groups in total. The molecule has 6 nitrogen and oxygen atoms in total. The van der Waals surface area contributed by atoms with Crippen molar-refractivity contribution in [2.45, 2.75) is 30.9 Å². The number of pyridine rings is 1. The van der Waals surface area contributed by atoms with E-state index in [4.69, 9.17) is 5.11 Å². The van der Waals surface area contributed by atoms with Crippen molar-refractivity contribution in [3.8, 4) is 0 Å². The Bertz CT molecular complexity index is 511. The minimum atomic E-state index is -1.06. The maximum Gasteiger partial charge on any atom is 0.354 e. The Morgan fingerprint density at radius 2 is 2.05 bits per heavy atom. The lowest BCUT2D eigenvalue weighted by Gasteiger charge is -2.34. The summed E-state index contributed by atoms with van der Waals surface area (Å²) in [6, 6.07) is 3.01. The van der Waals surface area contributed by atoms with E-state index < -0.39 is 5.97 Å². The molecule has 2 rings (SSSR count). The van der Waals surface area contributed by atoms with E-state index in [0.717, 1.165) is 18.7 Å². The van der Waals surface area contributed by atoms with Crippen LogP contribution in [-0.2, 0) is 6.54 Å². The molecule has 2 atom stereocenters. The van der Waals surface area contributed by atoms with Crippen molar-refractivity contribution in [1.82, 2.24) is 15.2 Å². The van der Waals surface area contributed by atoms with E-state index in [2.05, 4.69) is 24.1 Å². The van der Waals surface area contributed by atoms with E-state index in [-0.39, 0.29) is 11.7 Å². The number of carbonyl (C=O) groups excluding carboxylic acids is 1. The molecule has 1 aliphatic heterocycles. The van der Waals surface area contributed by atoms with E-state index in [1.165, 1.54) is 12.3 Å². The molecule has 2 amide bonds. The average Bonchev–Trinajstić information content (AvgIpc) is 2.44. The molecule has 0 saturated carbocycles. The summed E-state index contributed by atoms with van der Waals surface area (Å²) in [7, 11) is 0. The summed E-state index contributed by atoms with van der Waals surface area (Å²) in [5, 5.41) is 12.5. The number of nitrogens with one attached hydrogen (secondary N) is 1. The SMILES string of the molecule is CC1CN(C(=O)NCc2ccc(C(=O)O)nc2)CC(C)S1. The molecule has 1 saturated heterocycles. The van der Waals surface area contributed by atoms with Gasteiger partial charge in [0.15, 0.2) is 0 Å². The van der Waals surface area contributed by atoms with Crippen molar-refractivity contribution >= 4 is 23.8 Å². The molecular weight excluding hydrogens is 290 g/mol. The summed E-state index contributed by atoms with van der Waals surface area (Å²) in [5.41, 5.74) is 0.779. The summed E-state index contributed by atoms with van der Waals surface area (Å²) in [5.74, 6) is -1.06. The highest BCUT2D eigenvalue weighted by Crippen LogP contribution is 2.24. The lowest BCUT2D eigenvalue weighted by molar-refractivity contribution is 0.0690. The zero-order valence-corrected chi connectivity index (χ0v) is 12.9. The van der Waals surface area contributed by atoms with E-state index in [1.807, 2.05) is 16.7 Å². The Labute approximate surface area is 127 Å². The maximum atomic E-state index is 12.1. The summed E-state index contributed by atoms with van der Waals surface area (Å²) in [4.78, 5) is 28.5. The van der Waals surface area contributed by atoms with Gasteiger partial charge in [0.2, 0.25) is 0 Å². The number of aromatic nitrogens is 1. The molecule has 1 aromatic heterocycles. The maximum absolute atomic E-state index is 12.1. The number of urea groups is 1. The van der Waals surface area contributed by atoms with E-state index >= 15 is 0 Å². The van der Waals surface area contributed by atoms with Crippen LogP contribution in [0.1, 0.15) is 29.9 Å². The number of carboxylic acids is 1. The Balaban J connectivity index is 1.87. The molecule has 2 heterocycles. The van der Waals surface area contributed by atoms with Crippen LogP contribution in [0.4, 0.5) is 4.79 Å². The van der Waals surface area contributed by atoms with Crippen molar-refractivity contribution in [2.24, 2.45) is 0 Å². The van der Waals surface area contributed by atoms with Crippen molar-refractivity contribution in [3.63, 3.8) is 0 Å². The Kier molecular flexibility index (Phi) is 5.06. The normalized spacial score (nSPS) is 21.9. The van der Waals surface area contributed by atoms with Crippen LogP contribution in [0.25, 0.3) is 0 Å². The molecule has 1 aliphatic rings. The molecule has 0 aromatic carbocycles. The molecule has 0 radical (unpaired) electrons. The highest BCUT2D eigenvalue weighted by atomic mass is 32.2. The average molecular weight is 309 g/mol.